The average Bonchev–Trinajstić information content (AvgIpc) is 2.96. The van der Waals surface area contributed by atoms with Crippen molar-refractivity contribution in [2.24, 2.45) is 0 Å². The second-order valence-corrected chi connectivity index (χ2v) is 12.7. The van der Waals surface area contributed by atoms with E-state index < -0.39 is 0 Å². The van der Waals surface area contributed by atoms with Crippen LogP contribution in [0, 0.1) is 6.57 Å². The highest BCUT2D eigenvalue weighted by Gasteiger charge is 2.10. The smallest absolute Gasteiger partial charge is 0.239 e. The fourth-order valence-corrected chi connectivity index (χ4v) is 5.26. The fraction of sp³-hybridized carbons (Fsp3) is 0.265. The van der Waals surface area contributed by atoms with Crippen molar-refractivity contribution >= 4 is 39.5 Å². The Morgan fingerprint density at radius 2 is 1.12 bits per heavy atom. The molecule has 220 valence electrons. The SMILES string of the molecule is CSc1ccc(Oc2ccc(Br)cc2CN(C)C)cc1.[C-]#[N+]Cc1ccc(Oc2ccc(SC)cc2)c(CN(C)C)c1. The maximum Gasteiger partial charge on any atom is 0.239 e. The highest BCUT2D eigenvalue weighted by Crippen LogP contribution is 2.31. The number of hydrogen-bond donors (Lipinski definition) is 0. The maximum atomic E-state index is 7.00. The molecule has 0 atom stereocenters. The zero-order valence-corrected chi connectivity index (χ0v) is 28.3. The van der Waals surface area contributed by atoms with Crippen LogP contribution < -0.4 is 9.47 Å². The molecule has 0 saturated carbocycles. The van der Waals surface area contributed by atoms with E-state index in [1.807, 2.05) is 62.6 Å². The largest absolute Gasteiger partial charge is 0.457 e. The number of ether oxygens (including phenoxy) is 2. The number of halogens is 1. The molecule has 5 nitrogen and oxygen atoms in total. The van der Waals surface area contributed by atoms with Crippen LogP contribution in [-0.4, -0.2) is 50.5 Å². The van der Waals surface area contributed by atoms with Crippen molar-refractivity contribution in [3.05, 3.63) is 118 Å². The summed E-state index contributed by atoms with van der Waals surface area (Å²) < 4.78 is 13.1. The summed E-state index contributed by atoms with van der Waals surface area (Å²) in [5.41, 5.74) is 3.29. The Bertz CT molecular complexity index is 1450. The Kier molecular flexibility index (Phi) is 13.8. The Hall–Kier alpha value is -2.93. The van der Waals surface area contributed by atoms with E-state index in [1.54, 1.807) is 23.5 Å². The zero-order chi connectivity index (χ0) is 30.5. The summed E-state index contributed by atoms with van der Waals surface area (Å²) in [4.78, 5) is 10.1. The van der Waals surface area contributed by atoms with E-state index in [0.717, 1.165) is 51.7 Å². The second-order valence-electron chi connectivity index (χ2n) is 10.0. The van der Waals surface area contributed by atoms with Gasteiger partial charge in [-0.25, -0.2) is 6.57 Å². The predicted molar refractivity (Wildman–Crippen MR) is 182 cm³/mol. The molecule has 0 N–H and O–H groups in total. The molecule has 0 saturated heterocycles. The van der Waals surface area contributed by atoms with E-state index >= 15 is 0 Å². The number of thioether (sulfide) groups is 2. The maximum absolute atomic E-state index is 7.00. The van der Waals surface area contributed by atoms with Gasteiger partial charge in [0.1, 0.15) is 23.0 Å². The van der Waals surface area contributed by atoms with Crippen LogP contribution >= 0.6 is 39.5 Å². The molecular formula is C34H38BrN3O2S2. The highest BCUT2D eigenvalue weighted by molar-refractivity contribution is 9.10. The van der Waals surface area contributed by atoms with Crippen molar-refractivity contribution in [2.75, 3.05) is 40.7 Å². The molecular weight excluding hydrogens is 626 g/mol. The molecule has 8 heteroatoms. The Morgan fingerprint density at radius 3 is 1.55 bits per heavy atom. The Balaban J connectivity index is 0.000000231. The second kappa shape index (κ2) is 17.3. The zero-order valence-electron chi connectivity index (χ0n) is 25.1. The molecule has 0 radical (unpaired) electrons. The van der Waals surface area contributed by atoms with E-state index in [-0.39, 0.29) is 0 Å². The molecule has 4 aromatic carbocycles. The third-order valence-corrected chi connectivity index (χ3v) is 7.94. The molecule has 4 aromatic rings. The first-order valence-corrected chi connectivity index (χ1v) is 16.6. The van der Waals surface area contributed by atoms with Gasteiger partial charge >= 0.3 is 0 Å². The number of nitrogens with zero attached hydrogens (tertiary/aromatic N) is 3. The van der Waals surface area contributed by atoms with Crippen LogP contribution in [0.25, 0.3) is 4.85 Å². The molecule has 42 heavy (non-hydrogen) atoms. The lowest BCUT2D eigenvalue weighted by Crippen LogP contribution is -2.11. The molecule has 0 aliphatic rings. The topological polar surface area (TPSA) is 29.3 Å². The van der Waals surface area contributed by atoms with E-state index in [4.69, 9.17) is 16.0 Å². The Morgan fingerprint density at radius 1 is 0.667 bits per heavy atom. The van der Waals surface area contributed by atoms with Gasteiger partial charge in [-0.3, -0.25) is 0 Å². The van der Waals surface area contributed by atoms with Crippen molar-refractivity contribution in [1.82, 2.24) is 9.80 Å². The minimum atomic E-state index is 0.406. The van der Waals surface area contributed by atoms with Gasteiger partial charge in [-0.05, 0) is 126 Å². The van der Waals surface area contributed by atoms with E-state index in [9.17, 15) is 0 Å². The van der Waals surface area contributed by atoms with Gasteiger partial charge in [0.05, 0.1) is 0 Å². The predicted octanol–water partition coefficient (Wildman–Crippen LogP) is 9.71. The van der Waals surface area contributed by atoms with Gasteiger partial charge in [-0.15, -0.1) is 23.5 Å². The van der Waals surface area contributed by atoms with E-state index in [1.165, 1.54) is 15.4 Å². The van der Waals surface area contributed by atoms with Gasteiger partial charge in [0.15, 0.2) is 0 Å². The minimum absolute atomic E-state index is 0.406. The van der Waals surface area contributed by atoms with E-state index in [2.05, 4.69) is 93.6 Å². The molecule has 4 rings (SSSR count). The summed E-state index contributed by atoms with van der Waals surface area (Å²) in [5, 5.41) is 0. The molecule has 0 bridgehead atoms. The molecule has 0 spiro atoms. The van der Waals surface area contributed by atoms with Crippen LogP contribution in [-0.2, 0) is 19.6 Å². The lowest BCUT2D eigenvalue weighted by Gasteiger charge is -2.15. The molecule has 0 unspecified atom stereocenters. The first-order chi connectivity index (χ1) is 20.2. The van der Waals surface area contributed by atoms with Crippen molar-refractivity contribution < 1.29 is 9.47 Å². The van der Waals surface area contributed by atoms with E-state index in [0.29, 0.717) is 6.54 Å². The molecule has 0 amide bonds. The third kappa shape index (κ3) is 11.0. The highest BCUT2D eigenvalue weighted by atomic mass is 79.9. The summed E-state index contributed by atoms with van der Waals surface area (Å²) in [6.45, 7) is 9.04. The summed E-state index contributed by atoms with van der Waals surface area (Å²) in [6, 6.07) is 28.3. The average molecular weight is 665 g/mol. The van der Waals surface area contributed by atoms with Crippen LogP contribution in [0.3, 0.4) is 0 Å². The quantitative estimate of drug-likeness (QED) is 0.117. The Labute approximate surface area is 268 Å². The van der Waals surface area contributed by atoms with Gasteiger partial charge in [-0.2, -0.15) is 0 Å². The summed E-state index contributed by atoms with van der Waals surface area (Å²) in [7, 11) is 8.16. The van der Waals surface area contributed by atoms with Gasteiger partial charge in [0.25, 0.3) is 0 Å². The summed E-state index contributed by atoms with van der Waals surface area (Å²) >= 11 is 6.96. The molecule has 0 heterocycles. The van der Waals surface area contributed by atoms with Crippen molar-refractivity contribution in [2.45, 2.75) is 29.4 Å². The van der Waals surface area contributed by atoms with Gasteiger partial charge in [0.2, 0.25) is 6.54 Å². The number of hydrogen-bond acceptors (Lipinski definition) is 6. The first-order valence-electron chi connectivity index (χ1n) is 13.4. The molecule has 0 aromatic heterocycles. The lowest BCUT2D eigenvalue weighted by atomic mass is 10.1. The molecule has 0 aliphatic heterocycles. The summed E-state index contributed by atoms with van der Waals surface area (Å²) in [5.74, 6) is 3.44. The first kappa shape index (κ1) is 33.6. The van der Waals surface area contributed by atoms with Crippen LogP contribution in [0.2, 0.25) is 0 Å². The van der Waals surface area contributed by atoms with Gasteiger partial charge in [0, 0.05) is 44.0 Å². The number of rotatable bonds is 11. The van der Waals surface area contributed by atoms with Gasteiger partial charge < -0.3 is 24.1 Å². The summed E-state index contributed by atoms with van der Waals surface area (Å²) in [6.07, 6.45) is 4.13. The van der Waals surface area contributed by atoms with Crippen molar-refractivity contribution in [1.29, 1.82) is 0 Å². The van der Waals surface area contributed by atoms with Gasteiger partial charge in [-0.1, -0.05) is 15.9 Å². The standard InChI is InChI=1S/C18H20N2OS.C16H18BrNOS/c1-19-12-14-5-10-18(15(11-14)13-20(2)3)21-16-6-8-17(22-4)9-7-16;1-18(2)11-12-10-13(17)4-9-16(12)19-14-5-7-15(20-3)8-6-14/h5-11H,12-13H2,2-4H3;4-10H,11H2,1-3H3. The van der Waals surface area contributed by atoms with Crippen LogP contribution in [0.15, 0.2) is 99.2 Å². The van der Waals surface area contributed by atoms with Crippen molar-refractivity contribution in [3.63, 3.8) is 0 Å². The lowest BCUT2D eigenvalue weighted by molar-refractivity contribution is 0.388. The van der Waals surface area contributed by atoms with Crippen molar-refractivity contribution in [3.8, 4) is 23.0 Å². The fourth-order valence-electron chi connectivity index (χ4n) is 4.04. The molecule has 0 fully saturated rings. The van der Waals surface area contributed by atoms with Crippen LogP contribution in [0.1, 0.15) is 16.7 Å². The van der Waals surface area contributed by atoms with Crippen LogP contribution in [0.5, 0.6) is 23.0 Å². The normalized spacial score (nSPS) is 10.7. The number of benzene rings is 4. The third-order valence-electron chi connectivity index (χ3n) is 5.96. The monoisotopic (exact) mass is 663 g/mol. The van der Waals surface area contributed by atoms with Crippen LogP contribution in [0.4, 0.5) is 0 Å². The molecule has 0 aliphatic carbocycles. The minimum Gasteiger partial charge on any atom is -0.457 e.